The van der Waals surface area contributed by atoms with E-state index >= 15 is 0 Å². The molecule has 0 aliphatic rings. The maximum Gasteiger partial charge on any atom is 0.122 e. The summed E-state index contributed by atoms with van der Waals surface area (Å²) in [4.78, 5) is 0. The number of benzene rings is 2. The lowest BCUT2D eigenvalue weighted by molar-refractivity contribution is 0.404. The molecule has 112 valence electrons. The molecule has 0 saturated carbocycles. The maximum absolute atomic E-state index is 6.10. The molecule has 2 aromatic rings. The van der Waals surface area contributed by atoms with Crippen LogP contribution in [-0.2, 0) is 12.8 Å². The van der Waals surface area contributed by atoms with Gasteiger partial charge < -0.3 is 10.1 Å². The highest BCUT2D eigenvalue weighted by atomic mass is 35.5. The monoisotopic (exact) mass is 303 g/mol. The molecule has 1 atom stereocenters. The van der Waals surface area contributed by atoms with E-state index in [-0.39, 0.29) is 0 Å². The number of halogens is 1. The molecule has 2 nitrogen and oxygen atoms in total. The lowest BCUT2D eigenvalue weighted by Crippen LogP contribution is -2.28. The second kappa shape index (κ2) is 8.06. The number of methoxy groups -OCH3 is 1. The highest BCUT2D eigenvalue weighted by Crippen LogP contribution is 2.24. The van der Waals surface area contributed by atoms with Crippen LogP contribution < -0.4 is 10.1 Å². The first kappa shape index (κ1) is 15.9. The molecule has 0 aliphatic heterocycles. The number of likely N-dealkylation sites (N-methyl/N-ethyl adjacent to an activating group) is 1. The number of ether oxygens (including phenoxy) is 1. The van der Waals surface area contributed by atoms with E-state index in [9.17, 15) is 0 Å². The number of hydrogen-bond donors (Lipinski definition) is 1. The van der Waals surface area contributed by atoms with Gasteiger partial charge >= 0.3 is 0 Å². The number of aryl methyl sites for hydroxylation is 1. The number of rotatable bonds is 7. The van der Waals surface area contributed by atoms with Crippen LogP contribution in [0.3, 0.4) is 0 Å². The van der Waals surface area contributed by atoms with Crippen molar-refractivity contribution in [3.63, 3.8) is 0 Å². The Labute approximate surface area is 132 Å². The molecule has 0 fully saturated rings. The van der Waals surface area contributed by atoms with Gasteiger partial charge in [0.1, 0.15) is 5.75 Å². The van der Waals surface area contributed by atoms with Gasteiger partial charge in [-0.15, -0.1) is 0 Å². The predicted molar refractivity (Wildman–Crippen MR) is 89.3 cm³/mol. The third-order valence-electron chi connectivity index (χ3n) is 3.74. The van der Waals surface area contributed by atoms with E-state index in [4.69, 9.17) is 16.3 Å². The van der Waals surface area contributed by atoms with Crippen LogP contribution in [0.15, 0.2) is 48.5 Å². The van der Waals surface area contributed by atoms with Gasteiger partial charge in [0, 0.05) is 11.1 Å². The quantitative estimate of drug-likeness (QED) is 0.831. The first-order chi connectivity index (χ1) is 10.2. The molecule has 2 aromatic carbocycles. The summed E-state index contributed by atoms with van der Waals surface area (Å²) in [5.74, 6) is 0.902. The third-order valence-corrected chi connectivity index (χ3v) is 3.98. The zero-order chi connectivity index (χ0) is 15.1. The van der Waals surface area contributed by atoms with Gasteiger partial charge in [-0.3, -0.25) is 0 Å². The van der Waals surface area contributed by atoms with E-state index in [1.54, 1.807) is 7.11 Å². The lowest BCUT2D eigenvalue weighted by atomic mass is 9.98. The van der Waals surface area contributed by atoms with Crippen LogP contribution in [0.5, 0.6) is 5.75 Å². The van der Waals surface area contributed by atoms with Crippen molar-refractivity contribution in [3.05, 3.63) is 64.7 Å². The summed E-state index contributed by atoms with van der Waals surface area (Å²) in [5, 5.41) is 4.15. The second-order valence-electron chi connectivity index (χ2n) is 5.17. The van der Waals surface area contributed by atoms with Crippen LogP contribution in [0.2, 0.25) is 5.02 Å². The minimum Gasteiger partial charge on any atom is -0.496 e. The van der Waals surface area contributed by atoms with E-state index in [1.807, 2.05) is 25.2 Å². The van der Waals surface area contributed by atoms with E-state index in [0.717, 1.165) is 35.6 Å². The summed E-state index contributed by atoms with van der Waals surface area (Å²) < 4.78 is 5.42. The molecule has 0 radical (unpaired) electrons. The Morgan fingerprint density at radius 3 is 2.57 bits per heavy atom. The molecule has 0 heterocycles. The van der Waals surface area contributed by atoms with Crippen LogP contribution >= 0.6 is 11.6 Å². The molecule has 0 aliphatic carbocycles. The van der Waals surface area contributed by atoms with E-state index < -0.39 is 0 Å². The summed E-state index contributed by atoms with van der Waals surface area (Å²) in [6.07, 6.45) is 3.05. The minimum atomic E-state index is 0.401. The molecule has 0 bridgehead atoms. The summed E-state index contributed by atoms with van der Waals surface area (Å²) >= 11 is 6.10. The van der Waals surface area contributed by atoms with Gasteiger partial charge in [-0.2, -0.15) is 0 Å². The SMILES string of the molecule is CNC(CCc1ccccc1)Cc1cc(Cl)ccc1OC. The summed E-state index contributed by atoms with van der Waals surface area (Å²) in [6.45, 7) is 0. The molecule has 0 saturated heterocycles. The first-order valence-corrected chi connectivity index (χ1v) is 7.64. The first-order valence-electron chi connectivity index (χ1n) is 7.26. The Morgan fingerprint density at radius 2 is 1.90 bits per heavy atom. The topological polar surface area (TPSA) is 21.3 Å². The van der Waals surface area contributed by atoms with Gasteiger partial charge in [0.05, 0.1) is 7.11 Å². The van der Waals surface area contributed by atoms with Gasteiger partial charge in [-0.1, -0.05) is 41.9 Å². The Balaban J connectivity index is 2.00. The molecule has 0 aromatic heterocycles. The van der Waals surface area contributed by atoms with Crippen molar-refractivity contribution < 1.29 is 4.74 Å². The molecule has 1 unspecified atom stereocenters. The van der Waals surface area contributed by atoms with Gasteiger partial charge in [0.15, 0.2) is 0 Å². The van der Waals surface area contributed by atoms with Crippen LogP contribution in [0, 0.1) is 0 Å². The fraction of sp³-hybridized carbons (Fsp3) is 0.333. The molecule has 3 heteroatoms. The van der Waals surface area contributed by atoms with Gasteiger partial charge in [0.2, 0.25) is 0 Å². The summed E-state index contributed by atoms with van der Waals surface area (Å²) in [5.41, 5.74) is 2.52. The van der Waals surface area contributed by atoms with Crippen molar-refractivity contribution >= 4 is 11.6 Å². The Bertz CT molecular complexity index is 556. The van der Waals surface area contributed by atoms with E-state index in [0.29, 0.717) is 6.04 Å². The molecular weight excluding hydrogens is 282 g/mol. The fourth-order valence-corrected chi connectivity index (χ4v) is 2.70. The zero-order valence-electron chi connectivity index (χ0n) is 12.6. The summed E-state index contributed by atoms with van der Waals surface area (Å²) in [7, 11) is 3.71. The second-order valence-corrected chi connectivity index (χ2v) is 5.61. The smallest absolute Gasteiger partial charge is 0.122 e. The van der Waals surface area contributed by atoms with Crippen LogP contribution in [-0.4, -0.2) is 20.2 Å². The molecule has 0 spiro atoms. The van der Waals surface area contributed by atoms with Gasteiger partial charge in [-0.25, -0.2) is 0 Å². The van der Waals surface area contributed by atoms with Crippen molar-refractivity contribution in [1.82, 2.24) is 5.32 Å². The molecular formula is C18H22ClNO. The average Bonchev–Trinajstić information content (AvgIpc) is 2.52. The Hall–Kier alpha value is -1.51. The van der Waals surface area contributed by atoms with Crippen molar-refractivity contribution in [2.24, 2.45) is 0 Å². The molecule has 2 rings (SSSR count). The predicted octanol–water partition coefficient (Wildman–Crippen LogP) is 4.11. The largest absolute Gasteiger partial charge is 0.496 e. The zero-order valence-corrected chi connectivity index (χ0v) is 13.4. The Kier molecular flexibility index (Phi) is 6.09. The lowest BCUT2D eigenvalue weighted by Gasteiger charge is -2.18. The van der Waals surface area contributed by atoms with Crippen molar-refractivity contribution in [2.75, 3.05) is 14.2 Å². The van der Waals surface area contributed by atoms with E-state index in [2.05, 4.69) is 35.6 Å². The van der Waals surface area contributed by atoms with Crippen molar-refractivity contribution in [3.8, 4) is 5.75 Å². The standard InChI is InChI=1S/C18H22ClNO/c1-20-17(10-8-14-6-4-3-5-7-14)13-15-12-16(19)9-11-18(15)21-2/h3-7,9,11-12,17,20H,8,10,13H2,1-2H3. The number of nitrogens with one attached hydrogen (secondary N) is 1. The average molecular weight is 304 g/mol. The molecule has 0 amide bonds. The van der Waals surface area contributed by atoms with Crippen molar-refractivity contribution in [2.45, 2.75) is 25.3 Å². The molecule has 21 heavy (non-hydrogen) atoms. The van der Waals surface area contributed by atoms with Gasteiger partial charge in [0.25, 0.3) is 0 Å². The van der Waals surface area contributed by atoms with Crippen LogP contribution in [0.4, 0.5) is 0 Å². The van der Waals surface area contributed by atoms with Crippen LogP contribution in [0.1, 0.15) is 17.5 Å². The highest BCUT2D eigenvalue weighted by molar-refractivity contribution is 6.30. The third kappa shape index (κ3) is 4.76. The molecule has 1 N–H and O–H groups in total. The minimum absolute atomic E-state index is 0.401. The Morgan fingerprint density at radius 1 is 1.14 bits per heavy atom. The van der Waals surface area contributed by atoms with Crippen molar-refractivity contribution in [1.29, 1.82) is 0 Å². The van der Waals surface area contributed by atoms with Crippen LogP contribution in [0.25, 0.3) is 0 Å². The van der Waals surface area contributed by atoms with Gasteiger partial charge in [-0.05, 0) is 55.6 Å². The van der Waals surface area contributed by atoms with E-state index in [1.165, 1.54) is 5.56 Å². The normalized spacial score (nSPS) is 12.1. The highest BCUT2D eigenvalue weighted by Gasteiger charge is 2.12. The summed E-state index contributed by atoms with van der Waals surface area (Å²) in [6, 6.07) is 16.8. The maximum atomic E-state index is 6.10. The fourth-order valence-electron chi connectivity index (χ4n) is 2.51. The number of hydrogen-bond acceptors (Lipinski definition) is 2.